The van der Waals surface area contributed by atoms with Gasteiger partial charge in [-0.2, -0.15) is 0 Å². The molecule has 0 radical (unpaired) electrons. The number of hydrogen-bond acceptors (Lipinski definition) is 2. The molecule has 0 atom stereocenters. The van der Waals surface area contributed by atoms with Crippen LogP contribution in [0.25, 0.3) is 0 Å². The quantitative estimate of drug-likeness (QED) is 0.717. The van der Waals surface area contributed by atoms with Crippen molar-refractivity contribution in [3.8, 4) is 12.3 Å². The van der Waals surface area contributed by atoms with Crippen LogP contribution in [0.3, 0.4) is 0 Å². The molecule has 0 bridgehead atoms. The molecule has 1 aromatic rings. The SMILES string of the molecule is C#CC(C)(C)c1ccccc1S(C)(=O)=O. The molecule has 1 aromatic carbocycles. The Morgan fingerprint density at radius 3 is 2.27 bits per heavy atom. The van der Waals surface area contributed by atoms with Crippen LogP contribution in [0.15, 0.2) is 29.2 Å². The summed E-state index contributed by atoms with van der Waals surface area (Å²) in [4.78, 5) is 0.313. The maximum absolute atomic E-state index is 11.5. The Morgan fingerprint density at radius 2 is 1.80 bits per heavy atom. The summed E-state index contributed by atoms with van der Waals surface area (Å²) in [5.74, 6) is 2.61. The molecule has 0 saturated heterocycles. The lowest BCUT2D eigenvalue weighted by molar-refractivity contribution is 0.595. The van der Waals surface area contributed by atoms with E-state index < -0.39 is 15.3 Å². The van der Waals surface area contributed by atoms with Gasteiger partial charge in [0, 0.05) is 6.26 Å². The average Bonchev–Trinajstić information content (AvgIpc) is 2.16. The molecule has 0 aliphatic heterocycles. The van der Waals surface area contributed by atoms with Crippen molar-refractivity contribution in [3.05, 3.63) is 29.8 Å². The van der Waals surface area contributed by atoms with Crippen molar-refractivity contribution in [2.24, 2.45) is 0 Å². The maximum atomic E-state index is 11.5. The second-order valence-corrected chi connectivity index (χ2v) is 6.02. The van der Waals surface area contributed by atoms with E-state index in [1.54, 1.807) is 24.3 Å². The summed E-state index contributed by atoms with van der Waals surface area (Å²) in [6.45, 7) is 3.66. The second kappa shape index (κ2) is 3.71. The van der Waals surface area contributed by atoms with E-state index in [0.717, 1.165) is 0 Å². The first-order valence-electron chi connectivity index (χ1n) is 4.56. The van der Waals surface area contributed by atoms with Crippen molar-refractivity contribution in [1.29, 1.82) is 0 Å². The Morgan fingerprint density at radius 1 is 1.27 bits per heavy atom. The zero-order valence-corrected chi connectivity index (χ0v) is 9.93. The second-order valence-electron chi connectivity index (χ2n) is 4.04. The Kier molecular flexibility index (Phi) is 2.92. The number of benzene rings is 1. The molecule has 2 nitrogen and oxygen atoms in total. The fourth-order valence-corrected chi connectivity index (χ4v) is 2.43. The topological polar surface area (TPSA) is 34.1 Å². The highest BCUT2D eigenvalue weighted by atomic mass is 32.2. The van der Waals surface area contributed by atoms with Gasteiger partial charge >= 0.3 is 0 Å². The van der Waals surface area contributed by atoms with E-state index in [0.29, 0.717) is 10.5 Å². The standard InChI is InChI=1S/C12H14O2S/c1-5-12(2,3)10-8-6-7-9-11(10)15(4,13)14/h1,6-9H,2-4H3. The van der Waals surface area contributed by atoms with Gasteiger partial charge in [-0.25, -0.2) is 8.42 Å². The molecule has 0 spiro atoms. The fourth-order valence-electron chi connectivity index (χ4n) is 1.38. The molecular formula is C12H14O2S. The van der Waals surface area contributed by atoms with Crippen LogP contribution in [0.4, 0.5) is 0 Å². The van der Waals surface area contributed by atoms with Crippen LogP contribution in [0.5, 0.6) is 0 Å². The first-order valence-corrected chi connectivity index (χ1v) is 6.45. The van der Waals surface area contributed by atoms with Crippen molar-refractivity contribution in [2.75, 3.05) is 6.26 Å². The van der Waals surface area contributed by atoms with E-state index in [4.69, 9.17) is 6.42 Å². The van der Waals surface area contributed by atoms with E-state index in [9.17, 15) is 8.42 Å². The molecule has 0 fully saturated rings. The monoisotopic (exact) mass is 222 g/mol. The van der Waals surface area contributed by atoms with Gasteiger partial charge in [0.15, 0.2) is 9.84 Å². The summed E-state index contributed by atoms with van der Waals surface area (Å²) in [6.07, 6.45) is 6.60. The number of terminal acetylenes is 1. The molecule has 0 aliphatic rings. The van der Waals surface area contributed by atoms with Crippen molar-refractivity contribution >= 4 is 9.84 Å². The van der Waals surface area contributed by atoms with E-state index in [1.807, 2.05) is 13.8 Å². The van der Waals surface area contributed by atoms with Gasteiger partial charge in [0.1, 0.15) is 0 Å². The third kappa shape index (κ3) is 2.40. The minimum atomic E-state index is -3.22. The molecule has 0 amide bonds. The van der Waals surface area contributed by atoms with Gasteiger partial charge in [-0.05, 0) is 25.5 Å². The predicted molar refractivity (Wildman–Crippen MR) is 61.4 cm³/mol. The number of sulfone groups is 1. The van der Waals surface area contributed by atoms with E-state index in [1.165, 1.54) is 6.26 Å². The molecule has 0 aromatic heterocycles. The molecular weight excluding hydrogens is 208 g/mol. The van der Waals surface area contributed by atoms with Gasteiger partial charge in [0.05, 0.1) is 10.3 Å². The van der Waals surface area contributed by atoms with Crippen LogP contribution in [0.2, 0.25) is 0 Å². The minimum Gasteiger partial charge on any atom is -0.224 e. The zero-order valence-electron chi connectivity index (χ0n) is 9.11. The lowest BCUT2D eigenvalue weighted by atomic mass is 9.86. The van der Waals surface area contributed by atoms with Gasteiger partial charge in [0.2, 0.25) is 0 Å². The third-order valence-electron chi connectivity index (χ3n) is 2.32. The van der Waals surface area contributed by atoms with Crippen molar-refractivity contribution in [1.82, 2.24) is 0 Å². The molecule has 0 unspecified atom stereocenters. The van der Waals surface area contributed by atoms with E-state index in [-0.39, 0.29) is 0 Å². The fraction of sp³-hybridized carbons (Fsp3) is 0.333. The highest BCUT2D eigenvalue weighted by molar-refractivity contribution is 7.90. The highest BCUT2D eigenvalue weighted by Crippen LogP contribution is 2.28. The maximum Gasteiger partial charge on any atom is 0.175 e. The molecule has 0 heterocycles. The zero-order chi connectivity index (χ0) is 11.7. The van der Waals surface area contributed by atoms with Gasteiger partial charge in [-0.3, -0.25) is 0 Å². The van der Waals surface area contributed by atoms with Crippen molar-refractivity contribution in [3.63, 3.8) is 0 Å². The van der Waals surface area contributed by atoms with Crippen LogP contribution in [0, 0.1) is 12.3 Å². The van der Waals surface area contributed by atoms with Crippen LogP contribution in [0.1, 0.15) is 19.4 Å². The summed E-state index contributed by atoms with van der Waals surface area (Å²) in [5.41, 5.74) is 0.106. The molecule has 1 rings (SSSR count). The summed E-state index contributed by atoms with van der Waals surface area (Å²) < 4.78 is 23.1. The lowest BCUT2D eigenvalue weighted by Crippen LogP contribution is -2.18. The summed E-state index contributed by atoms with van der Waals surface area (Å²) in [7, 11) is -3.22. The van der Waals surface area contributed by atoms with Crippen molar-refractivity contribution in [2.45, 2.75) is 24.2 Å². The first-order chi connectivity index (χ1) is 6.79. The summed E-state index contributed by atoms with van der Waals surface area (Å²) in [5, 5.41) is 0. The van der Waals surface area contributed by atoms with Crippen LogP contribution < -0.4 is 0 Å². The first kappa shape index (κ1) is 11.8. The molecule has 0 N–H and O–H groups in total. The molecule has 80 valence electrons. The molecule has 0 saturated carbocycles. The van der Waals surface area contributed by atoms with Crippen LogP contribution in [-0.2, 0) is 15.3 Å². The summed E-state index contributed by atoms with van der Waals surface area (Å²) >= 11 is 0. The Balaban J connectivity index is 3.53. The van der Waals surface area contributed by atoms with Crippen LogP contribution in [-0.4, -0.2) is 14.7 Å². The highest BCUT2D eigenvalue weighted by Gasteiger charge is 2.24. The average molecular weight is 222 g/mol. The van der Waals surface area contributed by atoms with Crippen LogP contribution >= 0.6 is 0 Å². The minimum absolute atomic E-state index is 0.313. The van der Waals surface area contributed by atoms with E-state index >= 15 is 0 Å². The lowest BCUT2D eigenvalue weighted by Gasteiger charge is -2.20. The molecule has 3 heteroatoms. The number of hydrogen-bond donors (Lipinski definition) is 0. The predicted octanol–water partition coefficient (Wildman–Crippen LogP) is 2.00. The number of rotatable bonds is 2. The Labute approximate surface area is 91.2 Å². The van der Waals surface area contributed by atoms with Gasteiger partial charge in [-0.1, -0.05) is 24.1 Å². The third-order valence-corrected chi connectivity index (χ3v) is 3.48. The summed E-state index contributed by atoms with van der Waals surface area (Å²) in [6, 6.07) is 6.84. The Bertz CT molecular complexity index is 505. The van der Waals surface area contributed by atoms with Gasteiger partial charge in [0.25, 0.3) is 0 Å². The van der Waals surface area contributed by atoms with Gasteiger partial charge in [-0.15, -0.1) is 6.42 Å². The van der Waals surface area contributed by atoms with Crippen molar-refractivity contribution < 1.29 is 8.42 Å². The smallest absolute Gasteiger partial charge is 0.175 e. The molecule has 0 aliphatic carbocycles. The van der Waals surface area contributed by atoms with E-state index in [2.05, 4.69) is 5.92 Å². The van der Waals surface area contributed by atoms with Gasteiger partial charge < -0.3 is 0 Å². The Hall–Kier alpha value is -1.27. The normalized spacial score (nSPS) is 12.1. The molecule has 15 heavy (non-hydrogen) atoms. The largest absolute Gasteiger partial charge is 0.224 e.